The predicted octanol–water partition coefficient (Wildman–Crippen LogP) is 7.29. The van der Waals surface area contributed by atoms with Gasteiger partial charge in [0.2, 0.25) is 0 Å². The highest BCUT2D eigenvalue weighted by molar-refractivity contribution is 7.87. The van der Waals surface area contributed by atoms with Crippen LogP contribution in [0.15, 0.2) is 60.7 Å². The van der Waals surface area contributed by atoms with Crippen molar-refractivity contribution in [3.05, 3.63) is 82.9 Å². The van der Waals surface area contributed by atoms with E-state index in [2.05, 4.69) is 32.2 Å². The van der Waals surface area contributed by atoms with Gasteiger partial charge in [-0.05, 0) is 82.0 Å². The molecule has 0 saturated heterocycles. The molecule has 0 atom stereocenters. The van der Waals surface area contributed by atoms with E-state index in [1.165, 1.54) is 0 Å². The fraction of sp³-hybridized carbons (Fsp3) is 0.364. The molecule has 41 heavy (non-hydrogen) atoms. The van der Waals surface area contributed by atoms with Crippen LogP contribution in [-0.2, 0) is 21.5 Å². The van der Waals surface area contributed by atoms with E-state index in [-0.39, 0.29) is 17.9 Å². The van der Waals surface area contributed by atoms with Crippen LogP contribution in [0.2, 0.25) is 0 Å². The predicted molar refractivity (Wildman–Crippen MR) is 162 cm³/mol. The number of esters is 1. The Kier molecular flexibility index (Phi) is 7.88. The van der Waals surface area contributed by atoms with Gasteiger partial charge in [0, 0.05) is 28.4 Å². The Morgan fingerprint density at radius 2 is 1.66 bits per heavy atom. The van der Waals surface area contributed by atoms with E-state index < -0.39 is 21.3 Å². The number of rotatable bonds is 8. The molecule has 1 aliphatic heterocycles. The number of hydrogen-bond acceptors (Lipinski definition) is 7. The molecule has 0 bridgehead atoms. The summed E-state index contributed by atoms with van der Waals surface area (Å²) in [5, 5.41) is 3.09. The molecule has 3 aromatic rings. The first kappa shape index (κ1) is 28.7. The topological polar surface area (TPSA) is 90.9 Å². The quantitative estimate of drug-likeness (QED) is 0.223. The van der Waals surface area contributed by atoms with E-state index in [1.54, 1.807) is 37.4 Å². The van der Waals surface area contributed by atoms with Gasteiger partial charge in [0.25, 0.3) is 0 Å². The van der Waals surface area contributed by atoms with Crippen LogP contribution >= 0.6 is 0 Å². The van der Waals surface area contributed by atoms with Crippen LogP contribution in [-0.4, -0.2) is 32.3 Å². The number of aryl methyl sites for hydroxylation is 1. The second-order valence-electron chi connectivity index (χ2n) is 11.5. The normalized spacial score (nSPS) is 16.4. The molecule has 7 nitrogen and oxygen atoms in total. The molecular weight excluding hydrogens is 538 g/mol. The highest BCUT2D eigenvalue weighted by Gasteiger charge is 2.31. The van der Waals surface area contributed by atoms with Crippen molar-refractivity contribution in [3.8, 4) is 22.6 Å². The molecule has 0 aromatic heterocycles. The Labute approximate surface area is 242 Å². The second kappa shape index (κ2) is 11.2. The first-order valence-corrected chi connectivity index (χ1v) is 15.4. The second-order valence-corrected chi connectivity index (χ2v) is 13.3. The molecule has 0 unspecified atom stereocenters. The van der Waals surface area contributed by atoms with Gasteiger partial charge in [0.1, 0.15) is 18.1 Å². The molecule has 3 aromatic carbocycles. The van der Waals surface area contributed by atoms with Crippen molar-refractivity contribution in [3.63, 3.8) is 0 Å². The lowest BCUT2D eigenvalue weighted by Gasteiger charge is -2.33. The molecule has 1 N–H and O–H groups in total. The summed E-state index contributed by atoms with van der Waals surface area (Å²) in [5.74, 6) is 0.260. The van der Waals surface area contributed by atoms with Gasteiger partial charge in [-0.1, -0.05) is 42.7 Å². The number of carbonyl (C=O) groups is 1. The van der Waals surface area contributed by atoms with Crippen LogP contribution in [0.25, 0.3) is 16.7 Å². The maximum absolute atomic E-state index is 13.0. The summed E-state index contributed by atoms with van der Waals surface area (Å²) >= 11 is 0. The minimum Gasteiger partial charge on any atom is -0.496 e. The molecule has 8 heteroatoms. The number of carbonyl (C=O) groups excluding carboxylic acids is 1. The van der Waals surface area contributed by atoms with Gasteiger partial charge in [0.05, 0.1) is 23.5 Å². The summed E-state index contributed by atoms with van der Waals surface area (Å²) in [6.07, 6.45) is 5.19. The SMILES string of the molecule is COc1cc(OS(=O)(=O)C2CCCC2)ccc1-c1ccc2c(c1COC(=O)c1ccc(C)cc1)C(C)=CC(C)(C)N2. The number of hydrogen-bond donors (Lipinski definition) is 1. The number of methoxy groups -OCH3 is 1. The molecule has 0 amide bonds. The summed E-state index contributed by atoms with van der Waals surface area (Å²) in [4.78, 5) is 13.0. The van der Waals surface area contributed by atoms with E-state index in [9.17, 15) is 13.2 Å². The first-order valence-electron chi connectivity index (χ1n) is 14.0. The summed E-state index contributed by atoms with van der Waals surface area (Å²) in [6, 6.07) is 16.3. The number of nitrogens with one attached hydrogen (secondary N) is 1. The number of ether oxygens (including phenoxy) is 2. The third-order valence-electron chi connectivity index (χ3n) is 7.76. The molecule has 0 spiro atoms. The third-order valence-corrected chi connectivity index (χ3v) is 9.47. The minimum atomic E-state index is -3.73. The van der Waals surface area contributed by atoms with Crippen molar-refractivity contribution in [2.24, 2.45) is 0 Å². The maximum atomic E-state index is 13.0. The molecule has 2 aliphatic rings. The molecule has 1 aliphatic carbocycles. The monoisotopic (exact) mass is 575 g/mol. The van der Waals surface area contributed by atoms with Gasteiger partial charge in [0.15, 0.2) is 0 Å². The Hall–Kier alpha value is -3.78. The summed E-state index contributed by atoms with van der Waals surface area (Å²) < 4.78 is 42.8. The van der Waals surface area contributed by atoms with Crippen LogP contribution in [0.1, 0.15) is 73.5 Å². The molecule has 1 saturated carbocycles. The fourth-order valence-electron chi connectivity index (χ4n) is 5.84. The lowest BCUT2D eigenvalue weighted by molar-refractivity contribution is 0.0473. The van der Waals surface area contributed by atoms with Gasteiger partial charge >= 0.3 is 16.1 Å². The van der Waals surface area contributed by atoms with Crippen molar-refractivity contribution in [2.75, 3.05) is 12.4 Å². The lowest BCUT2D eigenvalue weighted by atomic mass is 9.85. The van der Waals surface area contributed by atoms with Gasteiger partial charge in [-0.3, -0.25) is 0 Å². The highest BCUT2D eigenvalue weighted by atomic mass is 32.2. The van der Waals surface area contributed by atoms with E-state index >= 15 is 0 Å². The van der Waals surface area contributed by atoms with Crippen molar-refractivity contribution in [2.45, 2.75) is 70.8 Å². The van der Waals surface area contributed by atoms with Gasteiger partial charge in [-0.15, -0.1) is 0 Å². The Balaban J connectivity index is 1.53. The van der Waals surface area contributed by atoms with E-state index in [1.807, 2.05) is 31.2 Å². The third kappa shape index (κ3) is 6.12. The Morgan fingerprint density at radius 3 is 2.34 bits per heavy atom. The fourth-order valence-corrected chi connectivity index (χ4v) is 7.26. The molecule has 0 radical (unpaired) electrons. The van der Waals surface area contributed by atoms with Crippen molar-refractivity contribution in [1.82, 2.24) is 0 Å². The molecule has 1 heterocycles. The van der Waals surface area contributed by atoms with Gasteiger partial charge < -0.3 is 19.0 Å². The van der Waals surface area contributed by atoms with Crippen LogP contribution in [0, 0.1) is 6.92 Å². The summed E-state index contributed by atoms with van der Waals surface area (Å²) in [5.41, 5.74) is 6.65. The number of allylic oxidation sites excluding steroid dienone is 1. The largest absolute Gasteiger partial charge is 0.496 e. The lowest BCUT2D eigenvalue weighted by Crippen LogP contribution is -2.32. The summed E-state index contributed by atoms with van der Waals surface area (Å²) in [7, 11) is -2.19. The van der Waals surface area contributed by atoms with E-state index in [0.29, 0.717) is 24.2 Å². The Morgan fingerprint density at radius 1 is 0.976 bits per heavy atom. The minimum absolute atomic E-state index is 0.0377. The van der Waals surface area contributed by atoms with Crippen molar-refractivity contribution in [1.29, 1.82) is 0 Å². The zero-order valence-electron chi connectivity index (χ0n) is 24.2. The number of fused-ring (bicyclic) bond motifs is 1. The molecule has 1 fully saturated rings. The molecule has 5 rings (SSSR count). The van der Waals surface area contributed by atoms with Crippen LogP contribution in [0.3, 0.4) is 0 Å². The van der Waals surface area contributed by atoms with Crippen LogP contribution < -0.4 is 14.2 Å². The molecular formula is C33H37NO6S. The number of benzene rings is 3. The zero-order chi connectivity index (χ0) is 29.4. The maximum Gasteiger partial charge on any atom is 0.338 e. The summed E-state index contributed by atoms with van der Waals surface area (Å²) in [6.45, 7) is 8.27. The average molecular weight is 576 g/mol. The van der Waals surface area contributed by atoms with E-state index in [4.69, 9.17) is 13.7 Å². The van der Waals surface area contributed by atoms with Gasteiger partial charge in [-0.2, -0.15) is 8.42 Å². The van der Waals surface area contributed by atoms with E-state index in [0.717, 1.165) is 51.9 Å². The Bertz CT molecular complexity index is 1600. The van der Waals surface area contributed by atoms with Gasteiger partial charge in [-0.25, -0.2) is 4.79 Å². The van der Waals surface area contributed by atoms with Crippen molar-refractivity contribution >= 4 is 27.3 Å². The average Bonchev–Trinajstić information content (AvgIpc) is 3.47. The number of anilines is 1. The molecule has 216 valence electrons. The smallest absolute Gasteiger partial charge is 0.338 e. The zero-order valence-corrected chi connectivity index (χ0v) is 25.1. The first-order chi connectivity index (χ1) is 19.5. The van der Waals surface area contributed by atoms with Crippen LogP contribution in [0.5, 0.6) is 11.5 Å². The van der Waals surface area contributed by atoms with Crippen molar-refractivity contribution < 1.29 is 26.9 Å². The standard InChI is InChI=1S/C33H37NO6S/c1-21-10-12-23(13-11-21)32(35)39-20-28-26(16-17-29-31(28)22(2)19-33(3,4)34-29)27-15-14-24(18-30(27)38-5)40-41(36,37)25-8-6-7-9-25/h10-19,25,34H,6-9,20H2,1-5H3. The van der Waals surface area contributed by atoms with Crippen LogP contribution in [0.4, 0.5) is 5.69 Å². The highest BCUT2D eigenvalue weighted by Crippen LogP contribution is 2.43.